The summed E-state index contributed by atoms with van der Waals surface area (Å²) < 4.78 is 34.8. The van der Waals surface area contributed by atoms with Crippen LogP contribution in [0.15, 0.2) is 52.4 Å². The number of fused-ring (bicyclic) bond motifs is 1. The van der Waals surface area contributed by atoms with E-state index < -0.39 is 20.9 Å². The first-order valence-corrected chi connectivity index (χ1v) is 13.1. The normalized spacial score (nSPS) is 15.3. The summed E-state index contributed by atoms with van der Waals surface area (Å²) in [7, 11) is -3.57. The number of benzene rings is 2. The monoisotopic (exact) mass is 504 g/mol. The van der Waals surface area contributed by atoms with Crippen molar-refractivity contribution in [2.24, 2.45) is 4.99 Å². The molecule has 1 fully saturated rings. The number of carbonyl (C=O) groups is 1. The van der Waals surface area contributed by atoms with Crippen LogP contribution in [0.25, 0.3) is 10.2 Å². The fourth-order valence-corrected chi connectivity index (χ4v) is 6.32. The molecule has 0 saturated carbocycles. The van der Waals surface area contributed by atoms with Gasteiger partial charge in [-0.3, -0.25) is 14.9 Å². The van der Waals surface area contributed by atoms with E-state index in [4.69, 9.17) is 4.74 Å². The van der Waals surface area contributed by atoms with Gasteiger partial charge in [-0.25, -0.2) is 8.42 Å². The number of amides is 1. The minimum absolute atomic E-state index is 0.0527. The number of hydrogen-bond acceptors (Lipinski definition) is 7. The number of hydrogen-bond donors (Lipinski definition) is 0. The van der Waals surface area contributed by atoms with Gasteiger partial charge in [0.15, 0.2) is 4.80 Å². The molecule has 12 heteroatoms. The molecule has 1 aliphatic rings. The van der Waals surface area contributed by atoms with Crippen LogP contribution in [0.5, 0.6) is 0 Å². The Labute approximate surface area is 200 Å². The summed E-state index contributed by atoms with van der Waals surface area (Å²) in [5.74, 6) is -0.531. The lowest BCUT2D eigenvalue weighted by Crippen LogP contribution is -2.27. The second-order valence-electron chi connectivity index (χ2n) is 7.69. The summed E-state index contributed by atoms with van der Waals surface area (Å²) in [6.07, 6.45) is 1.69. The molecule has 1 amide bonds. The molecule has 1 saturated heterocycles. The molecule has 0 N–H and O–H groups in total. The molecule has 0 atom stereocenters. The van der Waals surface area contributed by atoms with E-state index in [9.17, 15) is 23.3 Å². The van der Waals surface area contributed by atoms with Crippen LogP contribution in [0.3, 0.4) is 0 Å². The fraction of sp³-hybridized carbons (Fsp3) is 0.364. The predicted octanol–water partition coefficient (Wildman–Crippen LogP) is 3.17. The van der Waals surface area contributed by atoms with Gasteiger partial charge in [0, 0.05) is 43.9 Å². The van der Waals surface area contributed by atoms with Gasteiger partial charge in [0.05, 0.1) is 26.6 Å². The Bertz CT molecular complexity index is 1390. The zero-order valence-corrected chi connectivity index (χ0v) is 20.2. The van der Waals surface area contributed by atoms with Crippen molar-refractivity contribution >= 4 is 43.2 Å². The van der Waals surface area contributed by atoms with Gasteiger partial charge < -0.3 is 9.30 Å². The molecule has 1 aromatic heterocycles. The first kappa shape index (κ1) is 24.2. The molecule has 0 unspecified atom stereocenters. The van der Waals surface area contributed by atoms with E-state index >= 15 is 0 Å². The second kappa shape index (κ2) is 10.1. The van der Waals surface area contributed by atoms with Gasteiger partial charge in [-0.15, -0.1) is 0 Å². The number of carbonyl (C=O) groups excluding carboxylic acids is 1. The maximum Gasteiger partial charge on any atom is 0.279 e. The highest BCUT2D eigenvalue weighted by Gasteiger charge is 2.27. The van der Waals surface area contributed by atoms with Crippen molar-refractivity contribution in [2.75, 3.05) is 26.3 Å². The molecule has 0 bridgehead atoms. The molecule has 0 spiro atoms. The lowest BCUT2D eigenvalue weighted by molar-refractivity contribution is -0.384. The van der Waals surface area contributed by atoms with E-state index in [0.717, 1.165) is 17.5 Å². The van der Waals surface area contributed by atoms with E-state index in [1.807, 2.05) is 6.92 Å². The van der Waals surface area contributed by atoms with Crippen molar-refractivity contribution in [1.29, 1.82) is 0 Å². The average Bonchev–Trinajstić information content (AvgIpc) is 3.48. The van der Waals surface area contributed by atoms with Gasteiger partial charge in [-0.1, -0.05) is 11.3 Å². The number of sulfonamides is 1. The van der Waals surface area contributed by atoms with Gasteiger partial charge in [-0.05, 0) is 50.1 Å². The van der Waals surface area contributed by atoms with E-state index in [2.05, 4.69) is 4.99 Å². The Morgan fingerprint density at radius 2 is 1.88 bits per heavy atom. The number of nitro groups is 1. The molecule has 10 nitrogen and oxygen atoms in total. The number of non-ortho nitro benzene ring substituents is 1. The van der Waals surface area contributed by atoms with Crippen LogP contribution in [0.4, 0.5) is 5.69 Å². The Hall–Kier alpha value is -2.93. The summed E-state index contributed by atoms with van der Waals surface area (Å²) in [5.41, 5.74) is 0.792. The van der Waals surface area contributed by atoms with Crippen molar-refractivity contribution in [3.63, 3.8) is 0 Å². The van der Waals surface area contributed by atoms with Crippen LogP contribution < -0.4 is 4.80 Å². The van der Waals surface area contributed by atoms with Gasteiger partial charge >= 0.3 is 0 Å². The van der Waals surface area contributed by atoms with Crippen molar-refractivity contribution in [1.82, 2.24) is 8.87 Å². The zero-order chi connectivity index (χ0) is 24.3. The van der Waals surface area contributed by atoms with Crippen molar-refractivity contribution in [3.8, 4) is 0 Å². The van der Waals surface area contributed by atoms with Gasteiger partial charge in [0.25, 0.3) is 11.6 Å². The maximum absolute atomic E-state index is 12.9. The molecule has 2 aromatic carbocycles. The van der Waals surface area contributed by atoms with Crippen LogP contribution in [-0.4, -0.2) is 54.4 Å². The Balaban J connectivity index is 1.67. The molecule has 0 radical (unpaired) electrons. The highest BCUT2D eigenvalue weighted by atomic mass is 32.2. The van der Waals surface area contributed by atoms with Crippen LogP contribution in [0, 0.1) is 10.1 Å². The van der Waals surface area contributed by atoms with Crippen molar-refractivity contribution in [2.45, 2.75) is 31.2 Å². The van der Waals surface area contributed by atoms with Crippen LogP contribution in [0.2, 0.25) is 0 Å². The van der Waals surface area contributed by atoms with Gasteiger partial charge in [0.2, 0.25) is 10.0 Å². The Morgan fingerprint density at radius 3 is 2.53 bits per heavy atom. The highest BCUT2D eigenvalue weighted by molar-refractivity contribution is 7.89. The Morgan fingerprint density at radius 1 is 1.18 bits per heavy atom. The van der Waals surface area contributed by atoms with Gasteiger partial charge in [0.1, 0.15) is 0 Å². The number of rotatable bonds is 8. The minimum Gasteiger partial charge on any atom is -0.380 e. The van der Waals surface area contributed by atoms with E-state index in [0.29, 0.717) is 43.2 Å². The van der Waals surface area contributed by atoms with E-state index in [1.54, 1.807) is 10.6 Å². The fourth-order valence-electron chi connectivity index (χ4n) is 3.77. The molecule has 3 aromatic rings. The molecule has 4 rings (SSSR count). The second-order valence-corrected chi connectivity index (χ2v) is 10.6. The quantitative estimate of drug-likeness (QED) is 0.264. The summed E-state index contributed by atoms with van der Waals surface area (Å²) in [5, 5.41) is 11.2. The molecular formula is C22H24N4O6S2. The predicted molar refractivity (Wildman–Crippen MR) is 127 cm³/mol. The molecule has 180 valence electrons. The standard InChI is InChI=1S/C22H24N4O6S2/c1-2-32-14-13-25-19-15-17(26(28)29)7-10-20(19)33-22(25)23-21(27)16-5-8-18(9-6-16)34(30,31)24-11-3-4-12-24/h5-10,15H,2-4,11-14H2,1H3. The van der Waals surface area contributed by atoms with Gasteiger partial charge in [-0.2, -0.15) is 9.30 Å². The third kappa shape index (κ3) is 4.94. The molecular weight excluding hydrogens is 480 g/mol. The van der Waals surface area contributed by atoms with Crippen LogP contribution in [0.1, 0.15) is 30.1 Å². The van der Waals surface area contributed by atoms with Crippen molar-refractivity contribution in [3.05, 3.63) is 62.9 Å². The Kier molecular flexibility index (Phi) is 7.22. The molecule has 1 aliphatic heterocycles. The van der Waals surface area contributed by atoms with Crippen molar-refractivity contribution < 1.29 is 22.9 Å². The molecule has 0 aliphatic carbocycles. The average molecular weight is 505 g/mol. The van der Waals surface area contributed by atoms with E-state index in [1.165, 1.54) is 52.0 Å². The van der Waals surface area contributed by atoms with E-state index in [-0.39, 0.29) is 16.1 Å². The third-order valence-electron chi connectivity index (χ3n) is 5.54. The smallest absolute Gasteiger partial charge is 0.279 e. The maximum atomic E-state index is 12.9. The first-order chi connectivity index (χ1) is 16.3. The number of nitrogens with zero attached hydrogens (tertiary/aromatic N) is 4. The highest BCUT2D eigenvalue weighted by Crippen LogP contribution is 2.24. The van der Waals surface area contributed by atoms with Crippen LogP contribution in [-0.2, 0) is 21.3 Å². The summed E-state index contributed by atoms with van der Waals surface area (Å²) in [4.78, 5) is 28.4. The lowest BCUT2D eigenvalue weighted by Gasteiger charge is -2.15. The minimum atomic E-state index is -3.57. The third-order valence-corrected chi connectivity index (χ3v) is 8.51. The first-order valence-electron chi connectivity index (χ1n) is 10.9. The molecule has 34 heavy (non-hydrogen) atoms. The number of ether oxygens (including phenoxy) is 1. The van der Waals surface area contributed by atoms with Crippen LogP contribution >= 0.6 is 11.3 Å². The summed E-state index contributed by atoms with van der Waals surface area (Å²) >= 11 is 1.24. The lowest BCUT2D eigenvalue weighted by atomic mass is 10.2. The largest absolute Gasteiger partial charge is 0.380 e. The SMILES string of the molecule is CCOCCn1c(=NC(=O)c2ccc(S(=O)(=O)N3CCCC3)cc2)sc2ccc([N+](=O)[O-])cc21. The zero-order valence-electron chi connectivity index (χ0n) is 18.5. The topological polar surface area (TPSA) is 124 Å². The summed E-state index contributed by atoms with van der Waals surface area (Å²) in [6.45, 7) is 4.11. The molecule has 2 heterocycles. The number of nitro benzene ring substituents is 1. The number of thiazole rings is 1. The summed E-state index contributed by atoms with van der Waals surface area (Å²) in [6, 6.07) is 10.3. The number of aromatic nitrogens is 1.